The van der Waals surface area contributed by atoms with Gasteiger partial charge in [0.25, 0.3) is 0 Å². The molecule has 1 amide bonds. The summed E-state index contributed by atoms with van der Waals surface area (Å²) >= 11 is 0. The summed E-state index contributed by atoms with van der Waals surface area (Å²) in [4.78, 5) is 13.2. The maximum atomic E-state index is 13.9. The van der Waals surface area contributed by atoms with Crippen LogP contribution in [0.5, 0.6) is 0 Å². The quantitative estimate of drug-likeness (QED) is 0.854. The molecule has 2 N–H and O–H groups in total. The van der Waals surface area contributed by atoms with E-state index in [-0.39, 0.29) is 11.8 Å². The van der Waals surface area contributed by atoms with Gasteiger partial charge in [-0.2, -0.15) is 0 Å². The summed E-state index contributed by atoms with van der Waals surface area (Å²) < 4.78 is 13.9. The van der Waals surface area contributed by atoms with E-state index in [2.05, 4.69) is 5.32 Å². The van der Waals surface area contributed by atoms with E-state index in [1.807, 2.05) is 0 Å². The molecule has 0 aliphatic carbocycles. The van der Waals surface area contributed by atoms with Crippen molar-refractivity contribution in [3.05, 3.63) is 29.6 Å². The highest BCUT2D eigenvalue weighted by Gasteiger charge is 2.20. The number of para-hydroxylation sites is 1. The Labute approximate surface area is 113 Å². The van der Waals surface area contributed by atoms with Crippen molar-refractivity contribution in [2.45, 2.75) is 20.0 Å². The Balaban J connectivity index is 2.99. The maximum absolute atomic E-state index is 13.9. The number of carbonyl (C=O) groups is 1. The van der Waals surface area contributed by atoms with Gasteiger partial charge < -0.3 is 15.3 Å². The van der Waals surface area contributed by atoms with Gasteiger partial charge in [-0.1, -0.05) is 19.1 Å². The van der Waals surface area contributed by atoms with E-state index in [1.54, 1.807) is 45.0 Å². The first-order chi connectivity index (χ1) is 8.88. The van der Waals surface area contributed by atoms with Crippen LogP contribution < -0.4 is 10.2 Å². The largest absolute Gasteiger partial charge is 0.389 e. The minimum absolute atomic E-state index is 0.0956. The lowest BCUT2D eigenvalue weighted by atomic mass is 10.1. The van der Waals surface area contributed by atoms with E-state index in [0.717, 1.165) is 0 Å². The number of nitrogens with zero attached hydrogens (tertiary/aromatic N) is 1. The minimum atomic E-state index is -0.761. The van der Waals surface area contributed by atoms with Crippen molar-refractivity contribution in [3.8, 4) is 0 Å². The first-order valence-electron chi connectivity index (χ1n) is 6.27. The van der Waals surface area contributed by atoms with E-state index in [1.165, 1.54) is 6.07 Å². The Morgan fingerprint density at radius 1 is 1.47 bits per heavy atom. The third-order valence-electron chi connectivity index (χ3n) is 3.09. The standard InChI is InChI=1S/C14H21FN2O2/c1-9(14(19)16-3)8-17(4)13-11(10(2)18)6-5-7-12(13)15/h5-7,9-10,18H,8H2,1-4H3,(H,16,19). The molecule has 0 spiro atoms. The molecule has 0 bridgehead atoms. The number of hydrogen-bond donors (Lipinski definition) is 2. The van der Waals surface area contributed by atoms with Gasteiger partial charge in [-0.05, 0) is 13.0 Å². The van der Waals surface area contributed by atoms with Gasteiger partial charge in [0.1, 0.15) is 5.82 Å². The van der Waals surface area contributed by atoms with Gasteiger partial charge in [0.05, 0.1) is 17.7 Å². The molecular formula is C14H21FN2O2. The molecule has 2 atom stereocenters. The van der Waals surface area contributed by atoms with Gasteiger partial charge in [0.15, 0.2) is 0 Å². The Kier molecular flexibility index (Phi) is 5.30. The molecule has 1 aromatic rings. The number of aliphatic hydroxyl groups excluding tert-OH is 1. The van der Waals surface area contributed by atoms with Gasteiger partial charge in [0, 0.05) is 26.2 Å². The highest BCUT2D eigenvalue weighted by atomic mass is 19.1. The van der Waals surface area contributed by atoms with Crippen molar-refractivity contribution >= 4 is 11.6 Å². The number of aliphatic hydroxyl groups is 1. The Bertz CT molecular complexity index is 449. The fraction of sp³-hybridized carbons (Fsp3) is 0.500. The molecule has 0 saturated carbocycles. The summed E-state index contributed by atoms with van der Waals surface area (Å²) in [6, 6.07) is 4.60. The molecular weight excluding hydrogens is 247 g/mol. The average molecular weight is 268 g/mol. The van der Waals surface area contributed by atoms with Gasteiger partial charge in [-0.15, -0.1) is 0 Å². The second-order valence-electron chi connectivity index (χ2n) is 4.75. The van der Waals surface area contributed by atoms with Crippen LogP contribution in [0.4, 0.5) is 10.1 Å². The predicted octanol–water partition coefficient (Wildman–Crippen LogP) is 1.70. The van der Waals surface area contributed by atoms with Crippen molar-refractivity contribution in [3.63, 3.8) is 0 Å². The van der Waals surface area contributed by atoms with Crippen molar-refractivity contribution in [1.29, 1.82) is 0 Å². The lowest BCUT2D eigenvalue weighted by Crippen LogP contribution is -2.35. The molecule has 0 heterocycles. The molecule has 0 aromatic heterocycles. The second-order valence-corrected chi connectivity index (χ2v) is 4.75. The lowest BCUT2D eigenvalue weighted by molar-refractivity contribution is -0.123. The number of amides is 1. The molecule has 1 rings (SSSR count). The van der Waals surface area contributed by atoms with Crippen molar-refractivity contribution < 1.29 is 14.3 Å². The van der Waals surface area contributed by atoms with Crippen molar-refractivity contribution in [2.75, 3.05) is 25.5 Å². The zero-order valence-corrected chi connectivity index (χ0v) is 11.8. The Morgan fingerprint density at radius 3 is 2.63 bits per heavy atom. The van der Waals surface area contributed by atoms with Gasteiger partial charge in [-0.25, -0.2) is 4.39 Å². The van der Waals surface area contributed by atoms with Gasteiger partial charge >= 0.3 is 0 Å². The van der Waals surface area contributed by atoms with Crippen molar-refractivity contribution in [1.82, 2.24) is 5.32 Å². The molecule has 0 saturated heterocycles. The van der Waals surface area contributed by atoms with Crippen LogP contribution in [0.1, 0.15) is 25.5 Å². The molecule has 0 aliphatic rings. The maximum Gasteiger partial charge on any atom is 0.224 e. The Hall–Kier alpha value is -1.62. The van der Waals surface area contributed by atoms with Crippen LogP contribution in [0.25, 0.3) is 0 Å². The van der Waals surface area contributed by atoms with E-state index < -0.39 is 11.9 Å². The minimum Gasteiger partial charge on any atom is -0.389 e. The third kappa shape index (κ3) is 3.67. The molecule has 1 aromatic carbocycles. The van der Waals surface area contributed by atoms with Crippen molar-refractivity contribution in [2.24, 2.45) is 5.92 Å². The highest BCUT2D eigenvalue weighted by Crippen LogP contribution is 2.29. The fourth-order valence-corrected chi connectivity index (χ4v) is 2.10. The van der Waals surface area contributed by atoms with Crippen LogP contribution >= 0.6 is 0 Å². The smallest absolute Gasteiger partial charge is 0.224 e. The summed E-state index contributed by atoms with van der Waals surface area (Å²) in [5, 5.41) is 12.3. The first-order valence-corrected chi connectivity index (χ1v) is 6.27. The number of anilines is 1. The summed E-state index contributed by atoms with van der Waals surface area (Å²) in [5.41, 5.74) is 0.861. The molecule has 0 fully saturated rings. The number of rotatable bonds is 5. The lowest BCUT2D eigenvalue weighted by Gasteiger charge is -2.26. The average Bonchev–Trinajstić information content (AvgIpc) is 2.36. The van der Waals surface area contributed by atoms with Crippen LogP contribution in [0.15, 0.2) is 18.2 Å². The van der Waals surface area contributed by atoms with Gasteiger partial charge in [0.2, 0.25) is 5.91 Å². The monoisotopic (exact) mass is 268 g/mol. The number of benzene rings is 1. The van der Waals surface area contributed by atoms with Crippen LogP contribution in [0.2, 0.25) is 0 Å². The normalized spacial score (nSPS) is 13.8. The molecule has 19 heavy (non-hydrogen) atoms. The third-order valence-corrected chi connectivity index (χ3v) is 3.09. The van der Waals surface area contributed by atoms with Crippen LogP contribution in [-0.2, 0) is 4.79 Å². The molecule has 5 heteroatoms. The highest BCUT2D eigenvalue weighted by molar-refractivity contribution is 5.78. The fourth-order valence-electron chi connectivity index (χ4n) is 2.10. The van der Waals surface area contributed by atoms with E-state index >= 15 is 0 Å². The van der Waals surface area contributed by atoms with E-state index in [9.17, 15) is 14.3 Å². The summed E-state index contributed by atoms with van der Waals surface area (Å²) in [5.74, 6) is -0.761. The Morgan fingerprint density at radius 2 is 2.11 bits per heavy atom. The second kappa shape index (κ2) is 6.52. The molecule has 2 unspecified atom stereocenters. The number of nitrogens with one attached hydrogen (secondary N) is 1. The summed E-state index contributed by atoms with van der Waals surface area (Å²) in [6.07, 6.45) is -0.761. The molecule has 0 aliphatic heterocycles. The topological polar surface area (TPSA) is 52.6 Å². The van der Waals surface area contributed by atoms with E-state index in [0.29, 0.717) is 17.8 Å². The molecule has 0 radical (unpaired) electrons. The number of halogens is 1. The zero-order chi connectivity index (χ0) is 14.6. The predicted molar refractivity (Wildman–Crippen MR) is 73.5 cm³/mol. The van der Waals surface area contributed by atoms with Gasteiger partial charge in [-0.3, -0.25) is 4.79 Å². The summed E-state index contributed by atoms with van der Waals surface area (Å²) in [6.45, 7) is 3.74. The number of carbonyl (C=O) groups excluding carboxylic acids is 1. The molecule has 106 valence electrons. The SMILES string of the molecule is CNC(=O)C(C)CN(C)c1c(F)cccc1C(C)O. The van der Waals surface area contributed by atoms with E-state index in [4.69, 9.17) is 0 Å². The van der Waals surface area contributed by atoms with Crippen LogP contribution in [0, 0.1) is 11.7 Å². The molecule has 4 nitrogen and oxygen atoms in total. The van der Waals surface area contributed by atoms with Crippen LogP contribution in [-0.4, -0.2) is 31.7 Å². The van der Waals surface area contributed by atoms with Crippen LogP contribution in [0.3, 0.4) is 0 Å². The summed E-state index contributed by atoms with van der Waals surface area (Å²) in [7, 11) is 3.28. The zero-order valence-electron chi connectivity index (χ0n) is 11.8. The first kappa shape index (κ1) is 15.4. The number of hydrogen-bond acceptors (Lipinski definition) is 3.